The molecule has 60 valence electrons. The molecule has 0 aliphatic rings. The zero-order valence-corrected chi connectivity index (χ0v) is 7.55. The first-order valence-electron chi connectivity index (χ1n) is 2.99. The van der Waals surface area contributed by atoms with Gasteiger partial charge in [0.15, 0.2) is 0 Å². The highest BCUT2D eigenvalue weighted by molar-refractivity contribution is 9.08. The Morgan fingerprint density at radius 1 is 1.73 bits per heavy atom. The first-order chi connectivity index (χ1) is 5.29. The lowest BCUT2D eigenvalue weighted by Crippen LogP contribution is -2.01. The third-order valence-corrected chi connectivity index (χ3v) is 1.90. The number of esters is 1. The van der Waals surface area contributed by atoms with Crippen molar-refractivity contribution in [3.05, 3.63) is 23.7 Å². The average Bonchev–Trinajstić information content (AvgIpc) is 2.50. The van der Waals surface area contributed by atoms with E-state index in [2.05, 4.69) is 20.7 Å². The summed E-state index contributed by atoms with van der Waals surface area (Å²) >= 11 is 3.22. The average molecular weight is 219 g/mol. The lowest BCUT2D eigenvalue weighted by molar-refractivity contribution is 0.0599. The van der Waals surface area contributed by atoms with E-state index in [-0.39, 0.29) is 5.97 Å². The minimum Gasteiger partial charge on any atom is -0.471 e. The summed E-state index contributed by atoms with van der Waals surface area (Å²) in [5.74, 6) is -0.367. The lowest BCUT2D eigenvalue weighted by atomic mass is 10.2. The highest BCUT2D eigenvalue weighted by atomic mass is 79.9. The third-order valence-electron chi connectivity index (χ3n) is 1.29. The van der Waals surface area contributed by atoms with Gasteiger partial charge in [-0.2, -0.15) is 0 Å². The number of carbonyl (C=O) groups is 1. The maximum Gasteiger partial charge on any atom is 0.341 e. The molecule has 1 aromatic heterocycles. The van der Waals surface area contributed by atoms with Crippen LogP contribution in [0.1, 0.15) is 15.9 Å². The zero-order valence-electron chi connectivity index (χ0n) is 5.96. The van der Waals surface area contributed by atoms with Crippen LogP contribution < -0.4 is 0 Å². The highest BCUT2D eigenvalue weighted by Crippen LogP contribution is 2.14. The van der Waals surface area contributed by atoms with Gasteiger partial charge in [0.2, 0.25) is 0 Å². The molecule has 1 rings (SSSR count). The maximum absolute atomic E-state index is 11.0. The Balaban J connectivity index is 2.92. The van der Waals surface area contributed by atoms with Gasteiger partial charge in [0, 0.05) is 10.9 Å². The summed E-state index contributed by atoms with van der Waals surface area (Å²) in [6.07, 6.45) is 2.89. The monoisotopic (exact) mass is 218 g/mol. The quantitative estimate of drug-likeness (QED) is 0.563. The fraction of sp³-hybridized carbons (Fsp3) is 0.286. The molecule has 1 aromatic rings. The lowest BCUT2D eigenvalue weighted by Gasteiger charge is -1.95. The topological polar surface area (TPSA) is 39.4 Å². The first kappa shape index (κ1) is 8.33. The van der Waals surface area contributed by atoms with Crippen LogP contribution in [0.3, 0.4) is 0 Å². The number of hydrogen-bond donors (Lipinski definition) is 0. The molecule has 11 heavy (non-hydrogen) atoms. The molecule has 0 amide bonds. The number of hydrogen-bond acceptors (Lipinski definition) is 3. The van der Waals surface area contributed by atoms with Gasteiger partial charge in [-0.3, -0.25) is 0 Å². The Kier molecular flexibility index (Phi) is 2.70. The Morgan fingerprint density at radius 3 is 3.00 bits per heavy atom. The number of carbonyl (C=O) groups excluding carboxylic acids is 1. The molecule has 0 spiro atoms. The summed E-state index contributed by atoms with van der Waals surface area (Å²) in [5, 5.41) is 0.591. The van der Waals surface area contributed by atoms with Crippen molar-refractivity contribution in [3.63, 3.8) is 0 Å². The van der Waals surface area contributed by atoms with E-state index in [1.165, 1.54) is 19.6 Å². The van der Waals surface area contributed by atoms with Crippen LogP contribution in [0.15, 0.2) is 16.9 Å². The van der Waals surface area contributed by atoms with E-state index >= 15 is 0 Å². The van der Waals surface area contributed by atoms with Crippen molar-refractivity contribution >= 4 is 21.9 Å². The molecule has 0 unspecified atom stereocenters. The van der Waals surface area contributed by atoms with E-state index in [0.29, 0.717) is 10.9 Å². The van der Waals surface area contributed by atoms with Crippen LogP contribution in [0.25, 0.3) is 0 Å². The van der Waals surface area contributed by atoms with E-state index in [1.807, 2.05) is 0 Å². The second kappa shape index (κ2) is 3.57. The van der Waals surface area contributed by atoms with Crippen molar-refractivity contribution in [2.75, 3.05) is 7.11 Å². The summed E-state index contributed by atoms with van der Waals surface area (Å²) in [4.78, 5) is 11.0. The van der Waals surface area contributed by atoms with Crippen molar-refractivity contribution in [1.29, 1.82) is 0 Å². The van der Waals surface area contributed by atoms with Gasteiger partial charge >= 0.3 is 5.97 Å². The number of halogens is 1. The molecule has 0 N–H and O–H groups in total. The molecule has 0 fully saturated rings. The van der Waals surface area contributed by atoms with E-state index < -0.39 is 0 Å². The number of rotatable bonds is 2. The van der Waals surface area contributed by atoms with E-state index in [0.717, 1.165) is 5.56 Å². The predicted octanol–water partition coefficient (Wildman–Crippen LogP) is 1.96. The molecule has 0 atom stereocenters. The zero-order chi connectivity index (χ0) is 8.27. The molecular formula is C7H7BrO3. The van der Waals surface area contributed by atoms with Crippen molar-refractivity contribution < 1.29 is 13.9 Å². The molecule has 0 aliphatic heterocycles. The predicted molar refractivity (Wildman–Crippen MR) is 42.7 cm³/mol. The van der Waals surface area contributed by atoms with Crippen LogP contribution in [0.5, 0.6) is 0 Å². The van der Waals surface area contributed by atoms with Gasteiger partial charge in [-0.1, -0.05) is 15.9 Å². The Morgan fingerprint density at radius 2 is 2.45 bits per heavy atom. The van der Waals surface area contributed by atoms with Crippen molar-refractivity contribution in [1.82, 2.24) is 0 Å². The van der Waals surface area contributed by atoms with Gasteiger partial charge < -0.3 is 9.15 Å². The largest absolute Gasteiger partial charge is 0.471 e. The number of methoxy groups -OCH3 is 1. The molecule has 1 heterocycles. The van der Waals surface area contributed by atoms with Crippen LogP contribution in [-0.4, -0.2) is 13.1 Å². The van der Waals surface area contributed by atoms with E-state index in [4.69, 9.17) is 4.42 Å². The Hall–Kier alpha value is -0.770. The van der Waals surface area contributed by atoms with Crippen LogP contribution in [0.4, 0.5) is 0 Å². The maximum atomic E-state index is 11.0. The van der Waals surface area contributed by atoms with Crippen molar-refractivity contribution in [2.45, 2.75) is 5.33 Å². The number of ether oxygens (including phenoxy) is 1. The molecule has 0 radical (unpaired) electrons. The molecule has 0 bridgehead atoms. The van der Waals surface area contributed by atoms with Crippen LogP contribution >= 0.6 is 15.9 Å². The smallest absolute Gasteiger partial charge is 0.341 e. The van der Waals surface area contributed by atoms with Crippen molar-refractivity contribution in [2.24, 2.45) is 0 Å². The molecule has 4 heteroatoms. The van der Waals surface area contributed by atoms with E-state index in [1.54, 1.807) is 0 Å². The molecule has 3 nitrogen and oxygen atoms in total. The van der Waals surface area contributed by atoms with E-state index in [9.17, 15) is 4.79 Å². The standard InChI is InChI=1S/C7H7BrO3/c1-10-7(9)6-4-11-3-5(6)2-8/h3-4H,2H2,1H3. The normalized spacial score (nSPS) is 9.64. The molecular weight excluding hydrogens is 212 g/mol. The van der Waals surface area contributed by atoms with Crippen LogP contribution in [0.2, 0.25) is 0 Å². The van der Waals surface area contributed by atoms with Crippen LogP contribution in [0, 0.1) is 0 Å². The molecule has 0 saturated carbocycles. The van der Waals surface area contributed by atoms with Gasteiger partial charge in [0.25, 0.3) is 0 Å². The minimum absolute atomic E-state index is 0.367. The minimum atomic E-state index is -0.367. The summed E-state index contributed by atoms with van der Waals surface area (Å²) in [6, 6.07) is 0. The van der Waals surface area contributed by atoms with Crippen LogP contribution in [-0.2, 0) is 10.1 Å². The summed E-state index contributed by atoms with van der Waals surface area (Å²) in [5.41, 5.74) is 1.28. The summed E-state index contributed by atoms with van der Waals surface area (Å²) in [6.45, 7) is 0. The SMILES string of the molecule is COC(=O)c1cocc1CBr. The Bertz CT molecular complexity index is 254. The Labute approximate surface area is 72.5 Å². The second-order valence-electron chi connectivity index (χ2n) is 1.94. The van der Waals surface area contributed by atoms with Crippen molar-refractivity contribution in [3.8, 4) is 0 Å². The molecule has 0 aromatic carbocycles. The number of furan rings is 1. The van der Waals surface area contributed by atoms with Gasteiger partial charge in [0.05, 0.1) is 13.4 Å². The molecule has 0 saturated heterocycles. The van der Waals surface area contributed by atoms with Gasteiger partial charge in [-0.15, -0.1) is 0 Å². The highest BCUT2D eigenvalue weighted by Gasteiger charge is 2.12. The fourth-order valence-electron chi connectivity index (χ4n) is 0.716. The first-order valence-corrected chi connectivity index (χ1v) is 4.11. The number of alkyl halides is 1. The van der Waals surface area contributed by atoms with Gasteiger partial charge in [0.1, 0.15) is 11.8 Å². The second-order valence-corrected chi connectivity index (χ2v) is 2.50. The van der Waals surface area contributed by atoms with Gasteiger partial charge in [-0.05, 0) is 0 Å². The summed E-state index contributed by atoms with van der Waals surface area (Å²) in [7, 11) is 1.34. The van der Waals surface area contributed by atoms with Gasteiger partial charge in [-0.25, -0.2) is 4.79 Å². The fourth-order valence-corrected chi connectivity index (χ4v) is 1.15. The summed E-state index contributed by atoms with van der Waals surface area (Å²) < 4.78 is 9.35. The molecule has 0 aliphatic carbocycles. The third kappa shape index (κ3) is 1.63.